The molecule has 1 aliphatic rings. The SMILES string of the molecule is CC(=O)Nc1nc2c(sc(=O)n2C2OC(CO)C[C@H]2OC(S)n2ccnc2)c(=O)[nH]1. The number of anilines is 1. The van der Waals surface area contributed by atoms with E-state index in [0.29, 0.717) is 17.8 Å². The first-order valence-corrected chi connectivity index (χ1v) is 10.2. The normalized spacial score (nSPS) is 22.4. The number of H-pyrrole nitrogens is 1. The minimum absolute atomic E-state index is 0.0491. The van der Waals surface area contributed by atoms with E-state index >= 15 is 0 Å². The highest BCUT2D eigenvalue weighted by molar-refractivity contribution is 7.80. The molecular weight excluding hydrogens is 436 g/mol. The second-order valence-electron chi connectivity index (χ2n) is 6.56. The predicted molar refractivity (Wildman–Crippen MR) is 110 cm³/mol. The van der Waals surface area contributed by atoms with Crippen LogP contribution in [-0.2, 0) is 14.3 Å². The van der Waals surface area contributed by atoms with E-state index in [0.717, 1.165) is 0 Å². The highest BCUT2D eigenvalue weighted by Gasteiger charge is 2.40. The summed E-state index contributed by atoms with van der Waals surface area (Å²) >= 11 is 5.11. The quantitative estimate of drug-likeness (QED) is 0.301. The summed E-state index contributed by atoms with van der Waals surface area (Å²) in [6, 6.07) is 0. The smallest absolute Gasteiger partial charge is 0.311 e. The van der Waals surface area contributed by atoms with Gasteiger partial charge in [0.15, 0.2) is 17.4 Å². The zero-order chi connectivity index (χ0) is 21.4. The first-order valence-electron chi connectivity index (χ1n) is 8.87. The molecule has 4 heterocycles. The average molecular weight is 454 g/mol. The third kappa shape index (κ3) is 3.91. The van der Waals surface area contributed by atoms with Crippen LogP contribution in [0.3, 0.4) is 0 Å². The molecule has 3 unspecified atom stereocenters. The van der Waals surface area contributed by atoms with Gasteiger partial charge in [-0.1, -0.05) is 11.3 Å². The van der Waals surface area contributed by atoms with E-state index in [1.54, 1.807) is 17.0 Å². The molecule has 3 N–H and O–H groups in total. The standard InChI is InChI=1S/C16H18N6O6S2/c1-7(24)18-14-19-11-10(12(25)20-14)30-15(26)22(11)13-9(4-8(5-23)27-13)28-16(29)21-3-2-17-6-21/h2-3,6,8-9,13,16,23,29H,4-5H2,1H3,(H2,18,19,20,24,25)/t8?,9-,13?,16?/m1/s1. The molecule has 4 atom stereocenters. The molecule has 0 spiro atoms. The number of ether oxygens (including phenoxy) is 2. The molecule has 3 aromatic heterocycles. The van der Waals surface area contributed by atoms with Gasteiger partial charge < -0.3 is 19.1 Å². The van der Waals surface area contributed by atoms with Crippen molar-refractivity contribution in [2.75, 3.05) is 11.9 Å². The Morgan fingerprint density at radius 2 is 2.37 bits per heavy atom. The predicted octanol–water partition coefficient (Wildman–Crippen LogP) is 0.0523. The highest BCUT2D eigenvalue weighted by Crippen LogP contribution is 2.35. The minimum atomic E-state index is -0.957. The van der Waals surface area contributed by atoms with Gasteiger partial charge in [0.25, 0.3) is 5.56 Å². The van der Waals surface area contributed by atoms with Crippen LogP contribution in [0.2, 0.25) is 0 Å². The minimum Gasteiger partial charge on any atom is -0.394 e. The summed E-state index contributed by atoms with van der Waals surface area (Å²) in [6.07, 6.45) is 2.84. The van der Waals surface area contributed by atoms with Crippen molar-refractivity contribution in [3.8, 4) is 0 Å². The van der Waals surface area contributed by atoms with Crippen LogP contribution in [0.15, 0.2) is 28.3 Å². The number of aliphatic hydroxyl groups excluding tert-OH is 1. The summed E-state index contributed by atoms with van der Waals surface area (Å²) in [6.45, 7) is 0.990. The number of aromatic amines is 1. The van der Waals surface area contributed by atoms with E-state index in [1.165, 1.54) is 17.8 Å². The number of aliphatic hydroxyl groups is 1. The summed E-state index contributed by atoms with van der Waals surface area (Å²) in [5.74, 6) is -0.523. The zero-order valence-corrected chi connectivity index (χ0v) is 17.3. The number of carbonyl (C=O) groups excluding carboxylic acids is 1. The van der Waals surface area contributed by atoms with Crippen molar-refractivity contribution in [2.45, 2.75) is 37.3 Å². The Hall–Kier alpha value is -2.52. The molecule has 1 saturated heterocycles. The molecular formula is C16H18N6O6S2. The molecule has 0 aromatic carbocycles. The number of thiol groups is 1. The van der Waals surface area contributed by atoms with Crippen LogP contribution in [0.4, 0.5) is 5.95 Å². The molecule has 1 fully saturated rings. The van der Waals surface area contributed by atoms with Crippen LogP contribution < -0.4 is 15.7 Å². The summed E-state index contributed by atoms with van der Waals surface area (Å²) in [7, 11) is 0. The average Bonchev–Trinajstić information content (AvgIpc) is 3.40. The number of aromatic nitrogens is 5. The van der Waals surface area contributed by atoms with Crippen LogP contribution in [0.5, 0.6) is 0 Å². The lowest BCUT2D eigenvalue weighted by Gasteiger charge is -2.23. The van der Waals surface area contributed by atoms with Crippen LogP contribution in [0, 0.1) is 0 Å². The number of imidazole rings is 1. The largest absolute Gasteiger partial charge is 0.394 e. The Balaban J connectivity index is 1.75. The summed E-state index contributed by atoms with van der Waals surface area (Å²) in [5, 5.41) is 12.0. The Kier molecular flexibility index (Phi) is 5.75. The van der Waals surface area contributed by atoms with Gasteiger partial charge in [0.1, 0.15) is 10.8 Å². The van der Waals surface area contributed by atoms with Gasteiger partial charge in [-0.15, -0.1) is 12.6 Å². The van der Waals surface area contributed by atoms with Gasteiger partial charge >= 0.3 is 4.87 Å². The van der Waals surface area contributed by atoms with E-state index in [-0.39, 0.29) is 22.9 Å². The number of hydrogen-bond donors (Lipinski definition) is 4. The van der Waals surface area contributed by atoms with E-state index in [2.05, 4.69) is 32.9 Å². The van der Waals surface area contributed by atoms with E-state index in [9.17, 15) is 19.5 Å². The van der Waals surface area contributed by atoms with Gasteiger partial charge in [-0.3, -0.25) is 29.3 Å². The molecule has 14 heteroatoms. The van der Waals surface area contributed by atoms with Gasteiger partial charge in [0.2, 0.25) is 11.9 Å². The maximum atomic E-state index is 12.7. The third-order valence-corrected chi connectivity index (χ3v) is 5.78. The summed E-state index contributed by atoms with van der Waals surface area (Å²) < 4.78 is 14.7. The molecule has 1 amide bonds. The number of carbonyl (C=O) groups is 1. The molecule has 0 bridgehead atoms. The number of amides is 1. The van der Waals surface area contributed by atoms with Crippen molar-refractivity contribution in [1.82, 2.24) is 24.1 Å². The van der Waals surface area contributed by atoms with Crippen molar-refractivity contribution >= 4 is 46.2 Å². The maximum Gasteiger partial charge on any atom is 0.311 e. The van der Waals surface area contributed by atoms with Crippen LogP contribution in [-0.4, -0.2) is 53.9 Å². The molecule has 160 valence electrons. The van der Waals surface area contributed by atoms with Crippen molar-refractivity contribution < 1.29 is 19.4 Å². The first-order chi connectivity index (χ1) is 14.4. The number of nitrogens with one attached hydrogen (secondary N) is 2. The molecule has 0 radical (unpaired) electrons. The Morgan fingerprint density at radius 3 is 3.03 bits per heavy atom. The molecule has 12 nitrogen and oxygen atoms in total. The number of nitrogens with zero attached hydrogens (tertiary/aromatic N) is 4. The zero-order valence-electron chi connectivity index (χ0n) is 15.6. The lowest BCUT2D eigenvalue weighted by Crippen LogP contribution is -2.30. The van der Waals surface area contributed by atoms with E-state index in [4.69, 9.17) is 9.47 Å². The fourth-order valence-electron chi connectivity index (χ4n) is 3.19. The Labute approximate surface area is 177 Å². The number of fused-ring (bicyclic) bond motifs is 1. The Morgan fingerprint density at radius 1 is 1.57 bits per heavy atom. The molecule has 30 heavy (non-hydrogen) atoms. The monoisotopic (exact) mass is 454 g/mol. The Bertz CT molecular complexity index is 1170. The summed E-state index contributed by atoms with van der Waals surface area (Å²) in [4.78, 5) is 46.5. The van der Waals surface area contributed by atoms with E-state index in [1.807, 2.05) is 0 Å². The lowest BCUT2D eigenvalue weighted by molar-refractivity contribution is -0.114. The first kappa shape index (κ1) is 20.7. The maximum absolute atomic E-state index is 12.7. The molecule has 1 aliphatic heterocycles. The second kappa shape index (κ2) is 8.31. The van der Waals surface area contributed by atoms with Gasteiger partial charge in [-0.05, 0) is 0 Å². The van der Waals surface area contributed by atoms with Gasteiger partial charge in [0.05, 0.1) is 19.0 Å². The molecule has 0 aliphatic carbocycles. The third-order valence-electron chi connectivity index (χ3n) is 4.45. The summed E-state index contributed by atoms with van der Waals surface area (Å²) in [5.41, 5.74) is -1.23. The van der Waals surface area contributed by atoms with Gasteiger partial charge in [0, 0.05) is 25.7 Å². The molecule has 4 rings (SSSR count). The van der Waals surface area contributed by atoms with Crippen LogP contribution in [0.1, 0.15) is 25.1 Å². The van der Waals surface area contributed by atoms with Crippen molar-refractivity contribution in [1.29, 1.82) is 0 Å². The van der Waals surface area contributed by atoms with Gasteiger partial charge in [-0.25, -0.2) is 4.98 Å². The topological polar surface area (TPSA) is 153 Å². The van der Waals surface area contributed by atoms with Crippen LogP contribution in [0.25, 0.3) is 10.3 Å². The number of hydrogen-bond acceptors (Lipinski definition) is 10. The highest BCUT2D eigenvalue weighted by atomic mass is 32.1. The van der Waals surface area contributed by atoms with Crippen molar-refractivity contribution in [3.05, 3.63) is 38.7 Å². The number of rotatable bonds is 6. The lowest BCUT2D eigenvalue weighted by atomic mass is 10.2. The van der Waals surface area contributed by atoms with Crippen LogP contribution >= 0.6 is 24.0 Å². The molecule has 3 aromatic rings. The van der Waals surface area contributed by atoms with Crippen molar-refractivity contribution in [2.24, 2.45) is 0 Å². The van der Waals surface area contributed by atoms with Crippen molar-refractivity contribution in [3.63, 3.8) is 0 Å². The molecule has 0 saturated carbocycles. The fourth-order valence-corrected chi connectivity index (χ4v) is 4.32. The van der Waals surface area contributed by atoms with E-state index < -0.39 is 40.3 Å². The van der Waals surface area contributed by atoms with Gasteiger partial charge in [-0.2, -0.15) is 4.98 Å². The fraction of sp³-hybridized carbons (Fsp3) is 0.438. The number of thiazole rings is 1. The second-order valence-corrected chi connectivity index (χ2v) is 7.97.